The lowest BCUT2D eigenvalue weighted by molar-refractivity contribution is -0.143. The Morgan fingerprint density at radius 1 is 0.842 bits per heavy atom. The number of carbonyl (C=O) groups is 2. The number of piperidine rings is 1. The van der Waals surface area contributed by atoms with Gasteiger partial charge in [-0.25, -0.2) is 4.79 Å². The van der Waals surface area contributed by atoms with Crippen molar-refractivity contribution in [2.45, 2.75) is 44.9 Å². The van der Waals surface area contributed by atoms with Gasteiger partial charge in [0.25, 0.3) is 0 Å². The van der Waals surface area contributed by atoms with Gasteiger partial charge in [-0.3, -0.25) is 4.79 Å². The number of carbonyl (C=O) groups excluding carboxylic acids is 1. The fraction of sp³-hybridized carbons (Fsp3) is 0.857. The monoisotopic (exact) mass is 268 g/mol. The van der Waals surface area contributed by atoms with Crippen LogP contribution in [0.4, 0.5) is 4.79 Å². The Morgan fingerprint density at radius 3 is 2.05 bits per heavy atom. The van der Waals surface area contributed by atoms with Gasteiger partial charge in [-0.05, 0) is 25.7 Å². The standard InChI is InChI=1S/C14H24N2O3/c17-13(18)12-7-6-10-16(11-12)14(19)15-8-4-2-1-3-5-9-15/h12H,1-11H2,(H,17,18)/t12-/m0/s1. The second-order valence-corrected chi connectivity index (χ2v) is 5.66. The van der Waals surface area contributed by atoms with E-state index in [0.717, 1.165) is 32.4 Å². The van der Waals surface area contributed by atoms with Crippen LogP contribution in [0.25, 0.3) is 0 Å². The fourth-order valence-corrected chi connectivity index (χ4v) is 2.99. The molecule has 0 aliphatic carbocycles. The Hall–Kier alpha value is -1.26. The molecule has 0 aromatic heterocycles. The van der Waals surface area contributed by atoms with Crippen molar-refractivity contribution in [3.63, 3.8) is 0 Å². The SMILES string of the molecule is O=C(O)[C@H]1CCCN(C(=O)N2CCCCCCC2)C1. The zero-order valence-corrected chi connectivity index (χ0v) is 11.5. The normalized spacial score (nSPS) is 25.6. The number of aliphatic carboxylic acids is 1. The number of rotatable bonds is 1. The summed E-state index contributed by atoms with van der Waals surface area (Å²) in [4.78, 5) is 27.2. The number of urea groups is 1. The predicted molar refractivity (Wildman–Crippen MR) is 72.0 cm³/mol. The molecule has 5 nitrogen and oxygen atoms in total. The minimum atomic E-state index is -0.773. The van der Waals surface area contributed by atoms with E-state index in [9.17, 15) is 9.59 Å². The maximum absolute atomic E-state index is 12.4. The van der Waals surface area contributed by atoms with Crippen LogP contribution >= 0.6 is 0 Å². The number of carboxylic acids is 1. The molecule has 108 valence electrons. The van der Waals surface area contributed by atoms with E-state index < -0.39 is 5.97 Å². The number of hydrogen-bond acceptors (Lipinski definition) is 2. The second kappa shape index (κ2) is 6.78. The average molecular weight is 268 g/mol. The van der Waals surface area contributed by atoms with Crippen molar-refractivity contribution in [3.05, 3.63) is 0 Å². The van der Waals surface area contributed by atoms with Gasteiger partial charge in [0.05, 0.1) is 5.92 Å². The highest BCUT2D eigenvalue weighted by atomic mass is 16.4. The molecule has 0 saturated carbocycles. The van der Waals surface area contributed by atoms with E-state index in [4.69, 9.17) is 5.11 Å². The van der Waals surface area contributed by atoms with E-state index in [2.05, 4.69) is 0 Å². The molecule has 1 N–H and O–H groups in total. The lowest BCUT2D eigenvalue weighted by Gasteiger charge is -2.35. The molecular formula is C14H24N2O3. The highest BCUT2D eigenvalue weighted by molar-refractivity contribution is 5.76. The van der Waals surface area contributed by atoms with Crippen LogP contribution < -0.4 is 0 Å². The van der Waals surface area contributed by atoms with Crippen LogP contribution in [-0.2, 0) is 4.79 Å². The highest BCUT2D eigenvalue weighted by Crippen LogP contribution is 2.19. The zero-order chi connectivity index (χ0) is 13.7. The van der Waals surface area contributed by atoms with Crippen molar-refractivity contribution < 1.29 is 14.7 Å². The molecule has 2 fully saturated rings. The van der Waals surface area contributed by atoms with Crippen LogP contribution in [0.15, 0.2) is 0 Å². The van der Waals surface area contributed by atoms with Crippen molar-refractivity contribution in [3.8, 4) is 0 Å². The molecule has 19 heavy (non-hydrogen) atoms. The summed E-state index contributed by atoms with van der Waals surface area (Å²) >= 11 is 0. The third-order valence-electron chi connectivity index (χ3n) is 4.17. The van der Waals surface area contributed by atoms with Gasteiger partial charge in [-0.15, -0.1) is 0 Å². The summed E-state index contributed by atoms with van der Waals surface area (Å²) in [5.41, 5.74) is 0. The summed E-state index contributed by atoms with van der Waals surface area (Å²) in [5.74, 6) is -1.15. The van der Waals surface area contributed by atoms with E-state index in [-0.39, 0.29) is 11.9 Å². The molecule has 2 aliphatic heterocycles. The number of hydrogen-bond donors (Lipinski definition) is 1. The largest absolute Gasteiger partial charge is 0.481 e. The first kappa shape index (κ1) is 14.2. The van der Waals surface area contributed by atoms with Crippen LogP contribution in [0.1, 0.15) is 44.9 Å². The summed E-state index contributed by atoms with van der Waals surface area (Å²) in [5, 5.41) is 9.08. The van der Waals surface area contributed by atoms with Gasteiger partial charge in [0.2, 0.25) is 0 Å². The molecule has 2 rings (SSSR count). The molecule has 2 heterocycles. The summed E-state index contributed by atoms with van der Waals surface area (Å²) in [6.45, 7) is 2.74. The zero-order valence-electron chi connectivity index (χ0n) is 11.5. The van der Waals surface area contributed by atoms with Gasteiger partial charge in [-0.2, -0.15) is 0 Å². The van der Waals surface area contributed by atoms with Crippen molar-refractivity contribution in [2.75, 3.05) is 26.2 Å². The highest BCUT2D eigenvalue weighted by Gasteiger charge is 2.30. The fourth-order valence-electron chi connectivity index (χ4n) is 2.99. The molecule has 2 aliphatic rings. The van der Waals surface area contributed by atoms with E-state index in [1.165, 1.54) is 19.3 Å². The Bertz CT molecular complexity index is 325. The molecule has 0 spiro atoms. The van der Waals surface area contributed by atoms with Gasteiger partial charge in [0, 0.05) is 26.2 Å². The molecule has 0 aromatic rings. The number of likely N-dealkylation sites (tertiary alicyclic amines) is 2. The van der Waals surface area contributed by atoms with E-state index in [0.29, 0.717) is 19.5 Å². The minimum Gasteiger partial charge on any atom is -0.481 e. The maximum atomic E-state index is 12.4. The van der Waals surface area contributed by atoms with Gasteiger partial charge in [0.1, 0.15) is 0 Å². The van der Waals surface area contributed by atoms with Gasteiger partial charge < -0.3 is 14.9 Å². The Balaban J connectivity index is 1.91. The molecule has 0 unspecified atom stereocenters. The molecule has 0 radical (unpaired) electrons. The first-order valence-electron chi connectivity index (χ1n) is 7.45. The van der Waals surface area contributed by atoms with Crippen LogP contribution in [0, 0.1) is 5.92 Å². The Kier molecular flexibility index (Phi) is 5.05. The molecule has 2 saturated heterocycles. The van der Waals surface area contributed by atoms with Crippen LogP contribution in [0.3, 0.4) is 0 Å². The molecular weight excluding hydrogens is 244 g/mol. The minimum absolute atomic E-state index is 0.0489. The van der Waals surface area contributed by atoms with Crippen molar-refractivity contribution >= 4 is 12.0 Å². The first-order chi connectivity index (χ1) is 9.18. The molecule has 0 aromatic carbocycles. The number of carboxylic acid groups (broad SMARTS) is 1. The number of amides is 2. The lowest BCUT2D eigenvalue weighted by atomic mass is 9.98. The van der Waals surface area contributed by atoms with E-state index in [1.54, 1.807) is 4.90 Å². The van der Waals surface area contributed by atoms with Crippen LogP contribution in [0.2, 0.25) is 0 Å². The summed E-state index contributed by atoms with van der Waals surface area (Å²) in [6, 6.07) is 0.0489. The molecule has 0 bridgehead atoms. The Morgan fingerprint density at radius 2 is 1.42 bits per heavy atom. The number of nitrogens with zero attached hydrogens (tertiary/aromatic N) is 2. The summed E-state index contributed by atoms with van der Waals surface area (Å²) in [6.07, 6.45) is 7.30. The summed E-state index contributed by atoms with van der Waals surface area (Å²) in [7, 11) is 0. The van der Waals surface area contributed by atoms with Gasteiger partial charge in [0.15, 0.2) is 0 Å². The van der Waals surface area contributed by atoms with Crippen LogP contribution in [0.5, 0.6) is 0 Å². The van der Waals surface area contributed by atoms with Crippen LogP contribution in [-0.4, -0.2) is 53.1 Å². The van der Waals surface area contributed by atoms with Crippen molar-refractivity contribution in [1.29, 1.82) is 0 Å². The molecule has 5 heteroatoms. The molecule has 1 atom stereocenters. The van der Waals surface area contributed by atoms with Gasteiger partial charge >= 0.3 is 12.0 Å². The summed E-state index contributed by atoms with van der Waals surface area (Å²) < 4.78 is 0. The van der Waals surface area contributed by atoms with Crippen molar-refractivity contribution in [1.82, 2.24) is 9.80 Å². The Labute approximate surface area is 114 Å². The second-order valence-electron chi connectivity index (χ2n) is 5.66. The third kappa shape index (κ3) is 3.85. The van der Waals surface area contributed by atoms with Crippen molar-refractivity contribution in [2.24, 2.45) is 5.92 Å². The lowest BCUT2D eigenvalue weighted by Crippen LogP contribution is -2.49. The predicted octanol–water partition coefficient (Wildman–Crippen LogP) is 2.17. The first-order valence-corrected chi connectivity index (χ1v) is 7.45. The van der Waals surface area contributed by atoms with Gasteiger partial charge in [-0.1, -0.05) is 19.3 Å². The quantitative estimate of drug-likeness (QED) is 0.793. The third-order valence-corrected chi connectivity index (χ3v) is 4.17. The van der Waals surface area contributed by atoms with E-state index >= 15 is 0 Å². The average Bonchev–Trinajstić information content (AvgIpc) is 2.38. The van der Waals surface area contributed by atoms with E-state index in [1.807, 2.05) is 4.90 Å². The smallest absolute Gasteiger partial charge is 0.320 e. The maximum Gasteiger partial charge on any atom is 0.320 e. The topological polar surface area (TPSA) is 60.9 Å². The molecule has 2 amide bonds.